The summed E-state index contributed by atoms with van der Waals surface area (Å²) in [6.45, 7) is 1.39. The van der Waals surface area contributed by atoms with Crippen LogP contribution in [0.1, 0.15) is 24.6 Å². The quantitative estimate of drug-likeness (QED) is 0.739. The van der Waals surface area contributed by atoms with Gasteiger partial charge in [-0.2, -0.15) is 4.98 Å². The Morgan fingerprint density at radius 2 is 2.19 bits per heavy atom. The van der Waals surface area contributed by atoms with Gasteiger partial charge < -0.3 is 14.8 Å². The first-order chi connectivity index (χ1) is 7.83. The Labute approximate surface area is 95.2 Å². The van der Waals surface area contributed by atoms with Gasteiger partial charge in [-0.15, -0.1) is 0 Å². The Bertz CT molecular complexity index is 353. The summed E-state index contributed by atoms with van der Waals surface area (Å²) < 4.78 is 10.1. The van der Waals surface area contributed by atoms with Crippen molar-refractivity contribution in [3.05, 3.63) is 11.9 Å². The molecule has 2 rings (SSSR count). The van der Waals surface area contributed by atoms with Gasteiger partial charge in [0.25, 0.3) is 0 Å². The maximum Gasteiger partial charge on any atom is 0.218 e. The van der Waals surface area contributed by atoms with Crippen LogP contribution in [-0.2, 0) is 4.74 Å². The van der Waals surface area contributed by atoms with E-state index in [0.717, 1.165) is 18.2 Å². The molecule has 1 N–H and O–H groups in total. The van der Waals surface area contributed by atoms with Crippen molar-refractivity contribution >= 4 is 5.82 Å². The molecule has 16 heavy (non-hydrogen) atoms. The van der Waals surface area contributed by atoms with Gasteiger partial charge in [0.05, 0.1) is 13.7 Å². The molecule has 5 nitrogen and oxygen atoms in total. The van der Waals surface area contributed by atoms with Crippen LogP contribution in [0.15, 0.2) is 6.07 Å². The molecule has 1 saturated carbocycles. The van der Waals surface area contributed by atoms with Crippen LogP contribution >= 0.6 is 0 Å². The van der Waals surface area contributed by atoms with E-state index < -0.39 is 0 Å². The minimum Gasteiger partial charge on any atom is -0.481 e. The van der Waals surface area contributed by atoms with Crippen molar-refractivity contribution in [1.29, 1.82) is 0 Å². The lowest BCUT2D eigenvalue weighted by atomic mass is 10.4. The summed E-state index contributed by atoms with van der Waals surface area (Å²) in [4.78, 5) is 8.79. The molecule has 0 amide bonds. The van der Waals surface area contributed by atoms with Crippen LogP contribution in [0.25, 0.3) is 0 Å². The number of methoxy groups -OCH3 is 2. The Morgan fingerprint density at radius 3 is 2.81 bits per heavy atom. The topological polar surface area (TPSA) is 56.3 Å². The Kier molecular flexibility index (Phi) is 3.56. The van der Waals surface area contributed by atoms with Crippen molar-refractivity contribution in [3.63, 3.8) is 0 Å². The van der Waals surface area contributed by atoms with E-state index >= 15 is 0 Å². The fourth-order valence-corrected chi connectivity index (χ4v) is 1.44. The minimum absolute atomic E-state index is 0.526. The zero-order valence-corrected chi connectivity index (χ0v) is 9.69. The molecule has 0 saturated heterocycles. The normalized spacial score (nSPS) is 14.9. The van der Waals surface area contributed by atoms with E-state index in [4.69, 9.17) is 9.47 Å². The van der Waals surface area contributed by atoms with Gasteiger partial charge in [-0.3, -0.25) is 0 Å². The largest absolute Gasteiger partial charge is 0.481 e. The number of nitrogens with zero attached hydrogens (tertiary/aromatic N) is 2. The summed E-state index contributed by atoms with van der Waals surface area (Å²) in [5, 5.41) is 3.19. The maximum absolute atomic E-state index is 5.16. The molecule has 1 aliphatic carbocycles. The molecule has 0 radical (unpaired) electrons. The van der Waals surface area contributed by atoms with Crippen LogP contribution in [-0.4, -0.2) is 37.3 Å². The first-order valence-electron chi connectivity index (χ1n) is 5.49. The molecule has 5 heteroatoms. The van der Waals surface area contributed by atoms with Gasteiger partial charge in [-0.1, -0.05) is 0 Å². The number of aromatic nitrogens is 2. The number of hydrogen-bond acceptors (Lipinski definition) is 5. The highest BCUT2D eigenvalue weighted by atomic mass is 16.5. The van der Waals surface area contributed by atoms with Crippen molar-refractivity contribution in [1.82, 2.24) is 9.97 Å². The number of ether oxygens (including phenoxy) is 2. The molecule has 1 fully saturated rings. The average molecular weight is 223 g/mol. The second kappa shape index (κ2) is 5.12. The fraction of sp³-hybridized carbons (Fsp3) is 0.636. The molecule has 1 aromatic heterocycles. The number of nitrogens with one attached hydrogen (secondary N) is 1. The van der Waals surface area contributed by atoms with Gasteiger partial charge in [0, 0.05) is 25.6 Å². The van der Waals surface area contributed by atoms with Crippen molar-refractivity contribution in [2.75, 3.05) is 32.7 Å². The third-order valence-corrected chi connectivity index (χ3v) is 2.48. The van der Waals surface area contributed by atoms with E-state index in [1.54, 1.807) is 14.2 Å². The van der Waals surface area contributed by atoms with Gasteiger partial charge in [0.1, 0.15) is 11.6 Å². The van der Waals surface area contributed by atoms with E-state index in [1.165, 1.54) is 12.8 Å². The first kappa shape index (κ1) is 11.1. The highest BCUT2D eigenvalue weighted by Crippen LogP contribution is 2.38. The molecule has 1 aromatic rings. The van der Waals surface area contributed by atoms with Crippen molar-refractivity contribution in [2.24, 2.45) is 0 Å². The molecule has 0 atom stereocenters. The van der Waals surface area contributed by atoms with Crippen LogP contribution in [0.3, 0.4) is 0 Å². The van der Waals surface area contributed by atoms with E-state index in [1.807, 2.05) is 6.07 Å². The third kappa shape index (κ3) is 2.82. The predicted octanol–water partition coefficient (Wildman–Crippen LogP) is 1.42. The van der Waals surface area contributed by atoms with E-state index in [-0.39, 0.29) is 0 Å². The molecule has 0 aliphatic heterocycles. The molecule has 1 aliphatic rings. The average Bonchev–Trinajstić information content (AvgIpc) is 3.13. The van der Waals surface area contributed by atoms with Crippen LogP contribution in [0.5, 0.6) is 5.88 Å². The molecular formula is C11H17N3O2. The van der Waals surface area contributed by atoms with Crippen molar-refractivity contribution < 1.29 is 9.47 Å². The Balaban J connectivity index is 2.06. The SMILES string of the molecule is COCCNc1cc(OC)nc(C2CC2)n1. The van der Waals surface area contributed by atoms with E-state index in [2.05, 4.69) is 15.3 Å². The molecule has 0 spiro atoms. The van der Waals surface area contributed by atoms with Gasteiger partial charge in [0.2, 0.25) is 5.88 Å². The fourth-order valence-electron chi connectivity index (χ4n) is 1.44. The van der Waals surface area contributed by atoms with Crippen LogP contribution in [0.4, 0.5) is 5.82 Å². The van der Waals surface area contributed by atoms with Gasteiger partial charge in [-0.05, 0) is 12.8 Å². The molecule has 0 unspecified atom stereocenters. The zero-order chi connectivity index (χ0) is 11.4. The molecule has 1 heterocycles. The van der Waals surface area contributed by atoms with Gasteiger partial charge in [-0.25, -0.2) is 4.98 Å². The summed E-state index contributed by atoms with van der Waals surface area (Å²) in [5.41, 5.74) is 0. The van der Waals surface area contributed by atoms with E-state index in [0.29, 0.717) is 18.4 Å². The van der Waals surface area contributed by atoms with Gasteiger partial charge >= 0.3 is 0 Å². The summed E-state index contributed by atoms with van der Waals surface area (Å²) in [5.74, 6) is 2.85. The summed E-state index contributed by atoms with van der Waals surface area (Å²) in [6, 6.07) is 1.81. The molecule has 0 bridgehead atoms. The summed E-state index contributed by atoms with van der Waals surface area (Å²) in [6.07, 6.45) is 2.37. The Morgan fingerprint density at radius 1 is 1.38 bits per heavy atom. The lowest BCUT2D eigenvalue weighted by molar-refractivity contribution is 0.210. The number of anilines is 1. The minimum atomic E-state index is 0.526. The Hall–Kier alpha value is -1.36. The molecule has 88 valence electrons. The standard InChI is InChI=1S/C11H17N3O2/c1-15-6-5-12-9-7-10(16-2)14-11(13-9)8-3-4-8/h7-8H,3-6H2,1-2H3,(H,12,13,14). The van der Waals surface area contributed by atoms with Crippen molar-refractivity contribution in [3.8, 4) is 5.88 Å². The third-order valence-electron chi connectivity index (χ3n) is 2.48. The second-order valence-corrected chi connectivity index (χ2v) is 3.85. The highest BCUT2D eigenvalue weighted by molar-refractivity contribution is 5.39. The second-order valence-electron chi connectivity index (χ2n) is 3.85. The van der Waals surface area contributed by atoms with Crippen molar-refractivity contribution in [2.45, 2.75) is 18.8 Å². The van der Waals surface area contributed by atoms with Crippen LogP contribution in [0, 0.1) is 0 Å². The lowest BCUT2D eigenvalue weighted by Crippen LogP contribution is -2.10. The van der Waals surface area contributed by atoms with Crippen LogP contribution in [0.2, 0.25) is 0 Å². The summed E-state index contributed by atoms with van der Waals surface area (Å²) >= 11 is 0. The zero-order valence-electron chi connectivity index (χ0n) is 9.69. The predicted molar refractivity (Wildman–Crippen MR) is 60.9 cm³/mol. The number of hydrogen-bond donors (Lipinski definition) is 1. The summed E-state index contributed by atoms with van der Waals surface area (Å²) in [7, 11) is 3.30. The maximum atomic E-state index is 5.16. The lowest BCUT2D eigenvalue weighted by Gasteiger charge is -2.08. The molecular weight excluding hydrogens is 206 g/mol. The monoisotopic (exact) mass is 223 g/mol. The van der Waals surface area contributed by atoms with Crippen LogP contribution < -0.4 is 10.1 Å². The number of rotatable bonds is 6. The van der Waals surface area contributed by atoms with Gasteiger partial charge in [0.15, 0.2) is 0 Å². The van der Waals surface area contributed by atoms with E-state index in [9.17, 15) is 0 Å². The highest BCUT2D eigenvalue weighted by Gasteiger charge is 2.27. The first-order valence-corrected chi connectivity index (χ1v) is 5.49. The molecule has 0 aromatic carbocycles. The smallest absolute Gasteiger partial charge is 0.218 e.